The van der Waals surface area contributed by atoms with Crippen molar-refractivity contribution in [3.63, 3.8) is 0 Å². The Hall–Kier alpha value is -3.26. The van der Waals surface area contributed by atoms with E-state index in [0.717, 1.165) is 16.9 Å². The van der Waals surface area contributed by atoms with Crippen LogP contribution in [-0.4, -0.2) is 23.9 Å². The number of carbonyl (C=O) groups is 2. The molecule has 0 saturated carbocycles. The summed E-state index contributed by atoms with van der Waals surface area (Å²) in [5.41, 5.74) is 2.68. The molecule has 0 spiro atoms. The third kappa shape index (κ3) is 4.04. The van der Waals surface area contributed by atoms with E-state index in [2.05, 4.69) is 15.6 Å². The summed E-state index contributed by atoms with van der Waals surface area (Å²) in [6.07, 6.45) is 1.39. The average Bonchev–Trinajstić information content (AvgIpc) is 3.29. The molecular formula is C22H20FN3O3S. The molecular weight excluding hydrogens is 405 g/mol. The molecule has 8 heteroatoms. The molecule has 4 rings (SSSR count). The second-order valence-electron chi connectivity index (χ2n) is 7.07. The van der Waals surface area contributed by atoms with E-state index in [4.69, 9.17) is 4.74 Å². The first-order valence-electron chi connectivity index (χ1n) is 9.46. The van der Waals surface area contributed by atoms with Gasteiger partial charge in [-0.15, -0.1) is 11.3 Å². The Balaban J connectivity index is 1.48. The predicted octanol–water partition coefficient (Wildman–Crippen LogP) is 4.52. The smallest absolute Gasteiger partial charge is 0.257 e. The molecule has 0 saturated heterocycles. The molecule has 1 aliphatic carbocycles. The number of ether oxygens (including phenoxy) is 1. The molecule has 0 aliphatic heterocycles. The summed E-state index contributed by atoms with van der Waals surface area (Å²) in [5, 5.41) is 6.10. The van der Waals surface area contributed by atoms with E-state index in [0.29, 0.717) is 34.2 Å². The number of carbonyl (C=O) groups excluding carboxylic acids is 2. The summed E-state index contributed by atoms with van der Waals surface area (Å²) in [5.74, 6) is -0.713. The molecule has 1 atom stereocenters. The Morgan fingerprint density at radius 3 is 2.67 bits per heavy atom. The Bertz CT molecular complexity index is 1110. The maximum atomic E-state index is 13.0. The Morgan fingerprint density at radius 1 is 1.17 bits per heavy atom. The number of methoxy groups -OCH3 is 1. The normalized spacial score (nSPS) is 14.8. The molecule has 2 amide bonds. The highest BCUT2D eigenvalue weighted by atomic mass is 32.1. The molecule has 30 heavy (non-hydrogen) atoms. The van der Waals surface area contributed by atoms with Crippen molar-refractivity contribution in [2.75, 3.05) is 17.7 Å². The lowest BCUT2D eigenvalue weighted by Crippen LogP contribution is -2.20. The minimum atomic E-state index is -0.404. The molecule has 2 N–H and O–H groups in total. The minimum Gasteiger partial charge on any atom is -0.495 e. The number of amides is 2. The fraction of sp³-hybridized carbons (Fsp3) is 0.227. The van der Waals surface area contributed by atoms with Crippen LogP contribution in [0.25, 0.3) is 0 Å². The van der Waals surface area contributed by atoms with E-state index < -0.39 is 11.7 Å². The van der Waals surface area contributed by atoms with E-state index in [9.17, 15) is 14.0 Å². The van der Waals surface area contributed by atoms with Gasteiger partial charge in [0.05, 0.1) is 24.4 Å². The van der Waals surface area contributed by atoms with Gasteiger partial charge in [0.1, 0.15) is 11.6 Å². The van der Waals surface area contributed by atoms with Crippen LogP contribution in [0.3, 0.4) is 0 Å². The van der Waals surface area contributed by atoms with E-state index in [1.165, 1.54) is 35.6 Å². The predicted molar refractivity (Wildman–Crippen MR) is 114 cm³/mol. The van der Waals surface area contributed by atoms with Crippen molar-refractivity contribution in [1.82, 2.24) is 4.98 Å². The van der Waals surface area contributed by atoms with Crippen LogP contribution in [-0.2, 0) is 11.2 Å². The first kappa shape index (κ1) is 20.0. The summed E-state index contributed by atoms with van der Waals surface area (Å²) in [7, 11) is 1.56. The quantitative estimate of drug-likeness (QED) is 0.630. The molecule has 3 aromatic rings. The average molecular weight is 425 g/mol. The maximum absolute atomic E-state index is 13.0. The summed E-state index contributed by atoms with van der Waals surface area (Å²) in [4.78, 5) is 30.7. The second-order valence-corrected chi connectivity index (χ2v) is 8.16. The van der Waals surface area contributed by atoms with Gasteiger partial charge in [0.25, 0.3) is 5.91 Å². The van der Waals surface area contributed by atoms with E-state index in [1.54, 1.807) is 7.11 Å². The lowest BCUT2D eigenvalue weighted by molar-refractivity contribution is -0.117. The highest BCUT2D eigenvalue weighted by Crippen LogP contribution is 2.39. The van der Waals surface area contributed by atoms with Crippen molar-refractivity contribution in [1.29, 1.82) is 0 Å². The number of anilines is 2. The maximum Gasteiger partial charge on any atom is 0.257 e. The fourth-order valence-electron chi connectivity index (χ4n) is 3.43. The van der Waals surface area contributed by atoms with Crippen molar-refractivity contribution in [2.45, 2.75) is 25.7 Å². The van der Waals surface area contributed by atoms with Gasteiger partial charge in [0, 0.05) is 10.4 Å². The zero-order valence-corrected chi connectivity index (χ0v) is 17.3. The fourth-order valence-corrected chi connectivity index (χ4v) is 4.46. The molecule has 1 unspecified atom stereocenters. The van der Waals surface area contributed by atoms with Gasteiger partial charge in [-0.3, -0.25) is 14.9 Å². The van der Waals surface area contributed by atoms with Crippen LogP contribution in [0.1, 0.15) is 38.8 Å². The minimum absolute atomic E-state index is 0.155. The van der Waals surface area contributed by atoms with Gasteiger partial charge in [0.2, 0.25) is 5.91 Å². The Morgan fingerprint density at radius 2 is 1.93 bits per heavy atom. The number of rotatable bonds is 5. The first-order valence-corrected chi connectivity index (χ1v) is 10.3. The lowest BCUT2D eigenvalue weighted by atomic mass is 10.1. The van der Waals surface area contributed by atoms with Crippen LogP contribution in [0, 0.1) is 12.7 Å². The van der Waals surface area contributed by atoms with Gasteiger partial charge in [-0.25, -0.2) is 9.37 Å². The molecule has 1 aromatic heterocycles. The highest BCUT2D eigenvalue weighted by molar-refractivity contribution is 7.16. The largest absolute Gasteiger partial charge is 0.495 e. The van der Waals surface area contributed by atoms with E-state index in [1.807, 2.05) is 25.1 Å². The number of aromatic nitrogens is 1. The summed E-state index contributed by atoms with van der Waals surface area (Å²) >= 11 is 1.36. The van der Waals surface area contributed by atoms with E-state index in [-0.39, 0.29) is 11.8 Å². The molecule has 0 radical (unpaired) electrons. The third-order valence-electron chi connectivity index (χ3n) is 4.98. The topological polar surface area (TPSA) is 80.3 Å². The summed E-state index contributed by atoms with van der Waals surface area (Å²) in [6, 6.07) is 10.9. The van der Waals surface area contributed by atoms with Crippen LogP contribution in [0.4, 0.5) is 15.2 Å². The second kappa shape index (κ2) is 8.23. The number of nitrogens with zero attached hydrogens (tertiary/aromatic N) is 1. The number of aryl methyl sites for hydroxylation is 2. The Kier molecular flexibility index (Phi) is 5.50. The highest BCUT2D eigenvalue weighted by Gasteiger charge is 2.33. The van der Waals surface area contributed by atoms with Gasteiger partial charge in [-0.1, -0.05) is 6.07 Å². The van der Waals surface area contributed by atoms with Crippen LogP contribution < -0.4 is 15.4 Å². The number of hydrogen-bond donors (Lipinski definition) is 2. The molecule has 2 aromatic carbocycles. The zero-order valence-electron chi connectivity index (χ0n) is 16.5. The molecule has 1 aliphatic rings. The van der Waals surface area contributed by atoms with Crippen molar-refractivity contribution >= 4 is 34.0 Å². The SMILES string of the molecule is COc1cc(C)ccc1NC(=O)C1CCc2sc(NC(=O)c3ccc(F)cc3)nc21. The van der Waals surface area contributed by atoms with Gasteiger partial charge in [-0.2, -0.15) is 0 Å². The molecule has 6 nitrogen and oxygen atoms in total. The number of benzene rings is 2. The van der Waals surface area contributed by atoms with Crippen molar-refractivity contribution in [3.05, 3.63) is 70.0 Å². The lowest BCUT2D eigenvalue weighted by Gasteiger charge is -2.14. The number of nitrogens with one attached hydrogen (secondary N) is 2. The molecule has 0 fully saturated rings. The summed E-state index contributed by atoms with van der Waals surface area (Å²) in [6.45, 7) is 1.95. The van der Waals surface area contributed by atoms with Crippen molar-refractivity contribution in [3.8, 4) is 5.75 Å². The monoisotopic (exact) mass is 425 g/mol. The van der Waals surface area contributed by atoms with Gasteiger partial charge in [0.15, 0.2) is 5.13 Å². The van der Waals surface area contributed by atoms with Crippen LogP contribution in [0.5, 0.6) is 5.75 Å². The van der Waals surface area contributed by atoms with Crippen molar-refractivity contribution < 1.29 is 18.7 Å². The van der Waals surface area contributed by atoms with Crippen LogP contribution in [0.15, 0.2) is 42.5 Å². The first-order chi connectivity index (χ1) is 14.4. The molecule has 154 valence electrons. The number of fused-ring (bicyclic) bond motifs is 1. The number of hydrogen-bond acceptors (Lipinski definition) is 5. The number of halogens is 1. The zero-order chi connectivity index (χ0) is 21.3. The van der Waals surface area contributed by atoms with Gasteiger partial charge >= 0.3 is 0 Å². The van der Waals surface area contributed by atoms with Crippen LogP contribution >= 0.6 is 11.3 Å². The third-order valence-corrected chi connectivity index (χ3v) is 6.02. The van der Waals surface area contributed by atoms with Crippen LogP contribution in [0.2, 0.25) is 0 Å². The van der Waals surface area contributed by atoms with Gasteiger partial charge in [-0.05, 0) is 61.7 Å². The standard InChI is InChI=1S/C22H20FN3O3S/c1-12-3-9-16(17(11-12)29-2)24-21(28)15-8-10-18-19(15)25-22(30-18)26-20(27)13-4-6-14(23)7-5-13/h3-7,9,11,15H,8,10H2,1-2H3,(H,24,28)(H,25,26,27). The van der Waals surface area contributed by atoms with Gasteiger partial charge < -0.3 is 10.1 Å². The van der Waals surface area contributed by atoms with Crippen molar-refractivity contribution in [2.24, 2.45) is 0 Å². The number of thiazole rings is 1. The van der Waals surface area contributed by atoms with E-state index >= 15 is 0 Å². The Labute approximate surface area is 177 Å². The summed E-state index contributed by atoms with van der Waals surface area (Å²) < 4.78 is 18.4. The molecule has 1 heterocycles. The molecule has 0 bridgehead atoms.